The lowest BCUT2D eigenvalue weighted by atomic mass is 10.0. The molecule has 2 heterocycles. The van der Waals surface area contributed by atoms with Crippen molar-refractivity contribution in [3.05, 3.63) is 48.4 Å². The Bertz CT molecular complexity index is 858. The molecule has 6 nitrogen and oxygen atoms in total. The van der Waals surface area contributed by atoms with Gasteiger partial charge in [-0.1, -0.05) is 6.07 Å². The average Bonchev–Trinajstić information content (AvgIpc) is 2.62. The number of aliphatic hydroxyl groups is 1. The molecule has 0 spiro atoms. The van der Waals surface area contributed by atoms with Crippen molar-refractivity contribution in [1.29, 1.82) is 5.26 Å². The van der Waals surface area contributed by atoms with Crippen LogP contribution in [0.25, 0.3) is 22.0 Å². The monoisotopic (exact) mass is 305 g/mol. The number of nitrogens with one attached hydrogen (secondary N) is 1. The van der Waals surface area contributed by atoms with Crippen LogP contribution in [-0.2, 0) is 0 Å². The summed E-state index contributed by atoms with van der Waals surface area (Å²) in [6, 6.07) is 11.8. The van der Waals surface area contributed by atoms with Gasteiger partial charge in [0.1, 0.15) is 6.07 Å². The number of pyridine rings is 1. The number of aromatic nitrogens is 3. The highest BCUT2D eigenvalue weighted by molar-refractivity contribution is 5.95. The maximum Gasteiger partial charge on any atom is 0.186 e. The molecule has 0 unspecified atom stereocenters. The molecule has 3 aromatic rings. The molecule has 3 rings (SSSR count). The van der Waals surface area contributed by atoms with Crippen LogP contribution in [-0.4, -0.2) is 33.4 Å². The van der Waals surface area contributed by atoms with E-state index in [0.717, 1.165) is 16.5 Å². The van der Waals surface area contributed by atoms with Gasteiger partial charge in [0.15, 0.2) is 5.69 Å². The molecule has 0 radical (unpaired) electrons. The minimum Gasteiger partial charge on any atom is -0.396 e. The van der Waals surface area contributed by atoms with Crippen molar-refractivity contribution in [2.24, 2.45) is 0 Å². The molecule has 0 aliphatic rings. The highest BCUT2D eigenvalue weighted by Gasteiger charge is 2.11. The van der Waals surface area contributed by atoms with E-state index >= 15 is 0 Å². The summed E-state index contributed by atoms with van der Waals surface area (Å²) in [7, 11) is 0. The number of rotatable bonds is 5. The van der Waals surface area contributed by atoms with Crippen molar-refractivity contribution in [2.75, 3.05) is 18.5 Å². The second-order valence-electron chi connectivity index (χ2n) is 5.01. The minimum absolute atomic E-state index is 0.0948. The summed E-state index contributed by atoms with van der Waals surface area (Å²) in [5.74, 6) is 0. The number of nitriles is 1. The standard InChI is InChI=1S/C17H15N5O/c18-11-16-17(20-6-1-9-23)14-3-2-13(10-15(14)21-22-16)12-4-7-19-8-5-12/h2-5,7-8,10,23H,1,6,9H2,(H,20,21). The van der Waals surface area contributed by atoms with Crippen molar-refractivity contribution in [3.63, 3.8) is 0 Å². The quantitative estimate of drug-likeness (QED) is 0.703. The summed E-state index contributed by atoms with van der Waals surface area (Å²) < 4.78 is 0. The lowest BCUT2D eigenvalue weighted by Crippen LogP contribution is -2.07. The van der Waals surface area contributed by atoms with Crippen LogP contribution in [0.1, 0.15) is 12.1 Å². The summed E-state index contributed by atoms with van der Waals surface area (Å²) >= 11 is 0. The Balaban J connectivity index is 2.06. The largest absolute Gasteiger partial charge is 0.396 e. The third kappa shape index (κ3) is 3.10. The van der Waals surface area contributed by atoms with Crippen LogP contribution >= 0.6 is 0 Å². The fourth-order valence-corrected chi connectivity index (χ4v) is 2.38. The van der Waals surface area contributed by atoms with Crippen molar-refractivity contribution < 1.29 is 5.11 Å². The number of nitrogens with zero attached hydrogens (tertiary/aromatic N) is 4. The van der Waals surface area contributed by atoms with E-state index < -0.39 is 0 Å². The molecule has 114 valence electrons. The van der Waals surface area contributed by atoms with Gasteiger partial charge >= 0.3 is 0 Å². The zero-order chi connectivity index (χ0) is 16.1. The van der Waals surface area contributed by atoms with Crippen LogP contribution in [0.5, 0.6) is 0 Å². The molecule has 0 atom stereocenters. The van der Waals surface area contributed by atoms with Crippen LogP contribution in [0.2, 0.25) is 0 Å². The van der Waals surface area contributed by atoms with E-state index in [1.807, 2.05) is 30.3 Å². The zero-order valence-corrected chi connectivity index (χ0v) is 12.4. The highest BCUT2D eigenvalue weighted by atomic mass is 16.3. The molecule has 0 aliphatic heterocycles. The molecule has 1 aromatic carbocycles. The summed E-state index contributed by atoms with van der Waals surface area (Å²) in [5.41, 5.74) is 3.69. The van der Waals surface area contributed by atoms with Crippen molar-refractivity contribution in [1.82, 2.24) is 15.2 Å². The molecule has 0 saturated carbocycles. The van der Waals surface area contributed by atoms with Crippen LogP contribution in [0, 0.1) is 11.3 Å². The van der Waals surface area contributed by atoms with Crippen LogP contribution in [0.4, 0.5) is 5.69 Å². The Labute approximate surface area is 133 Å². The van der Waals surface area contributed by atoms with Gasteiger partial charge in [0.25, 0.3) is 0 Å². The smallest absolute Gasteiger partial charge is 0.186 e. The normalized spacial score (nSPS) is 10.4. The van der Waals surface area contributed by atoms with Gasteiger partial charge in [0, 0.05) is 30.9 Å². The Morgan fingerprint density at radius 3 is 2.65 bits per heavy atom. The van der Waals surface area contributed by atoms with Crippen molar-refractivity contribution in [2.45, 2.75) is 6.42 Å². The van der Waals surface area contributed by atoms with Gasteiger partial charge in [0.05, 0.1) is 11.2 Å². The van der Waals surface area contributed by atoms with E-state index in [1.165, 1.54) is 0 Å². The SMILES string of the molecule is N#Cc1nnc2cc(-c3ccncc3)ccc2c1NCCCO. The first-order chi connectivity index (χ1) is 11.3. The van der Waals surface area contributed by atoms with Crippen molar-refractivity contribution >= 4 is 16.6 Å². The Morgan fingerprint density at radius 2 is 1.91 bits per heavy atom. The van der Waals surface area contributed by atoms with E-state index in [9.17, 15) is 5.26 Å². The van der Waals surface area contributed by atoms with Gasteiger partial charge in [-0.2, -0.15) is 5.26 Å². The first kappa shape index (κ1) is 14.9. The van der Waals surface area contributed by atoms with Gasteiger partial charge in [-0.05, 0) is 41.8 Å². The van der Waals surface area contributed by atoms with Crippen molar-refractivity contribution in [3.8, 4) is 17.2 Å². The lowest BCUT2D eigenvalue weighted by Gasteiger charge is -2.11. The Hall–Kier alpha value is -3.04. The first-order valence-corrected chi connectivity index (χ1v) is 7.29. The Morgan fingerprint density at radius 1 is 1.09 bits per heavy atom. The number of benzene rings is 1. The van der Waals surface area contributed by atoms with Gasteiger partial charge < -0.3 is 10.4 Å². The number of anilines is 1. The van der Waals surface area contributed by atoms with Gasteiger partial charge in [-0.25, -0.2) is 0 Å². The van der Waals surface area contributed by atoms with Crippen LogP contribution < -0.4 is 5.32 Å². The number of hydrogen-bond donors (Lipinski definition) is 2. The predicted octanol–water partition coefficient (Wildman–Crippen LogP) is 2.36. The third-order valence-corrected chi connectivity index (χ3v) is 3.52. The molecule has 2 aromatic heterocycles. The Kier molecular flexibility index (Phi) is 4.41. The first-order valence-electron chi connectivity index (χ1n) is 7.29. The molecule has 0 fully saturated rings. The van der Waals surface area contributed by atoms with Crippen LogP contribution in [0.3, 0.4) is 0 Å². The second kappa shape index (κ2) is 6.81. The van der Waals surface area contributed by atoms with E-state index in [4.69, 9.17) is 5.11 Å². The van der Waals surface area contributed by atoms with E-state index in [2.05, 4.69) is 26.6 Å². The van der Waals surface area contributed by atoms with Crippen LogP contribution in [0.15, 0.2) is 42.7 Å². The zero-order valence-electron chi connectivity index (χ0n) is 12.4. The predicted molar refractivity (Wildman–Crippen MR) is 87.7 cm³/mol. The van der Waals surface area contributed by atoms with Gasteiger partial charge in [-0.3, -0.25) is 4.98 Å². The highest BCUT2D eigenvalue weighted by Crippen LogP contribution is 2.28. The maximum atomic E-state index is 9.22. The molecule has 0 bridgehead atoms. The number of fused-ring (bicyclic) bond motifs is 1. The molecular formula is C17H15N5O. The fraction of sp³-hybridized carbons (Fsp3) is 0.176. The summed E-state index contributed by atoms with van der Waals surface area (Å²) in [6.45, 7) is 0.662. The number of hydrogen-bond acceptors (Lipinski definition) is 6. The van der Waals surface area contributed by atoms with Gasteiger partial charge in [0.2, 0.25) is 0 Å². The fourth-order valence-electron chi connectivity index (χ4n) is 2.38. The van der Waals surface area contributed by atoms with Gasteiger partial charge in [-0.15, -0.1) is 10.2 Å². The van der Waals surface area contributed by atoms with E-state index in [-0.39, 0.29) is 12.3 Å². The summed E-state index contributed by atoms with van der Waals surface area (Å²) in [4.78, 5) is 4.02. The second-order valence-corrected chi connectivity index (χ2v) is 5.01. The number of aliphatic hydroxyl groups excluding tert-OH is 1. The summed E-state index contributed by atoms with van der Waals surface area (Å²) in [6.07, 6.45) is 4.08. The average molecular weight is 305 g/mol. The molecular weight excluding hydrogens is 290 g/mol. The molecule has 0 aliphatic carbocycles. The molecule has 0 saturated heterocycles. The summed E-state index contributed by atoms with van der Waals surface area (Å²) in [5, 5.41) is 30.3. The lowest BCUT2D eigenvalue weighted by molar-refractivity contribution is 0.292. The van der Waals surface area contributed by atoms with E-state index in [1.54, 1.807) is 12.4 Å². The van der Waals surface area contributed by atoms with E-state index in [0.29, 0.717) is 24.2 Å². The third-order valence-electron chi connectivity index (χ3n) is 3.52. The molecule has 6 heteroatoms. The minimum atomic E-state index is 0.0948. The molecule has 2 N–H and O–H groups in total. The maximum absolute atomic E-state index is 9.22. The molecule has 0 amide bonds. The topological polar surface area (TPSA) is 94.7 Å². The molecule has 23 heavy (non-hydrogen) atoms.